The summed E-state index contributed by atoms with van der Waals surface area (Å²) in [6.07, 6.45) is 1.70. The number of thiophene rings is 1. The van der Waals surface area contributed by atoms with Crippen LogP contribution in [0.1, 0.15) is 33.3 Å². The smallest absolute Gasteiger partial charge is 0.343 e. The number of nitro groups is 1. The molecule has 0 spiro atoms. The molecular formula is C23H21N3O6S. The molecule has 0 aliphatic heterocycles. The minimum Gasteiger partial charge on any atom is -0.490 e. The highest BCUT2D eigenvalue weighted by atomic mass is 32.1. The second-order valence-electron chi connectivity index (χ2n) is 6.84. The molecule has 0 atom stereocenters. The van der Waals surface area contributed by atoms with Crippen LogP contribution in [0.5, 0.6) is 11.5 Å². The third-order valence-electron chi connectivity index (χ3n) is 4.42. The maximum Gasteiger partial charge on any atom is 0.343 e. The van der Waals surface area contributed by atoms with E-state index in [-0.39, 0.29) is 29.3 Å². The Morgan fingerprint density at radius 1 is 1.18 bits per heavy atom. The van der Waals surface area contributed by atoms with E-state index in [1.165, 1.54) is 35.8 Å². The lowest BCUT2D eigenvalue weighted by Crippen LogP contribution is -2.19. The minimum atomic E-state index is -0.670. The van der Waals surface area contributed by atoms with Gasteiger partial charge < -0.3 is 9.47 Å². The van der Waals surface area contributed by atoms with E-state index in [4.69, 9.17) is 9.47 Å². The third-order valence-corrected chi connectivity index (χ3v) is 5.29. The van der Waals surface area contributed by atoms with Crippen LogP contribution in [0, 0.1) is 17.0 Å². The Hall–Kier alpha value is -4.05. The Balaban J connectivity index is 1.69. The van der Waals surface area contributed by atoms with Crippen molar-refractivity contribution in [3.8, 4) is 11.5 Å². The summed E-state index contributed by atoms with van der Waals surface area (Å²) in [5.41, 5.74) is 3.55. The normalized spacial score (nSPS) is 10.7. The van der Waals surface area contributed by atoms with Gasteiger partial charge in [0.15, 0.2) is 11.5 Å². The van der Waals surface area contributed by atoms with E-state index in [0.717, 1.165) is 4.88 Å². The molecule has 1 N–H and O–H groups in total. The Morgan fingerprint density at radius 2 is 2.00 bits per heavy atom. The van der Waals surface area contributed by atoms with Crippen LogP contribution in [-0.4, -0.2) is 29.6 Å². The van der Waals surface area contributed by atoms with Gasteiger partial charge in [-0.25, -0.2) is 10.2 Å². The van der Waals surface area contributed by atoms with Gasteiger partial charge in [-0.15, -0.1) is 11.3 Å². The number of carbonyl (C=O) groups excluding carboxylic acids is 2. The molecule has 0 saturated carbocycles. The quantitative estimate of drug-likeness (QED) is 0.165. The van der Waals surface area contributed by atoms with Gasteiger partial charge in [0, 0.05) is 16.5 Å². The number of benzene rings is 2. The maximum atomic E-state index is 12.5. The Labute approximate surface area is 193 Å². The number of hydrazone groups is 1. The van der Waals surface area contributed by atoms with Gasteiger partial charge in [0.1, 0.15) is 0 Å². The van der Waals surface area contributed by atoms with Crippen LogP contribution in [0.4, 0.5) is 5.69 Å². The molecule has 1 heterocycles. The van der Waals surface area contributed by atoms with Crippen molar-refractivity contribution in [2.45, 2.75) is 20.3 Å². The molecule has 2 aromatic carbocycles. The highest BCUT2D eigenvalue weighted by Gasteiger charge is 2.17. The Bertz CT molecular complexity index is 1190. The van der Waals surface area contributed by atoms with Crippen molar-refractivity contribution in [2.75, 3.05) is 6.61 Å². The molecule has 0 saturated heterocycles. The average molecular weight is 468 g/mol. The first-order valence-electron chi connectivity index (χ1n) is 9.95. The van der Waals surface area contributed by atoms with E-state index in [0.29, 0.717) is 23.5 Å². The average Bonchev–Trinajstić information content (AvgIpc) is 3.28. The lowest BCUT2D eigenvalue weighted by Gasteiger charge is -2.11. The predicted octanol–water partition coefficient (Wildman–Crippen LogP) is 4.28. The fourth-order valence-electron chi connectivity index (χ4n) is 2.89. The zero-order valence-corrected chi connectivity index (χ0v) is 18.8. The number of nitrogens with zero attached hydrogens (tertiary/aromatic N) is 2. The number of rotatable bonds is 9. The van der Waals surface area contributed by atoms with Crippen LogP contribution in [0.25, 0.3) is 0 Å². The number of ether oxygens (including phenoxy) is 2. The molecule has 1 aromatic heterocycles. The molecule has 9 nitrogen and oxygen atoms in total. The van der Waals surface area contributed by atoms with E-state index in [2.05, 4.69) is 10.5 Å². The Morgan fingerprint density at radius 3 is 2.67 bits per heavy atom. The van der Waals surface area contributed by atoms with Crippen molar-refractivity contribution in [3.63, 3.8) is 0 Å². The van der Waals surface area contributed by atoms with E-state index in [9.17, 15) is 19.7 Å². The van der Waals surface area contributed by atoms with Crippen LogP contribution in [0.3, 0.4) is 0 Å². The van der Waals surface area contributed by atoms with Crippen LogP contribution in [0.15, 0.2) is 59.0 Å². The standard InChI is InChI=1S/C23H21N3O6S/c1-3-31-21-12-16(14-24-25-22(27)13-18-5-4-10-33-18)6-9-20(21)32-23(28)17-7-8-19(26(29)30)15(2)11-17/h4-12,14H,3,13H2,1-2H3,(H,25,27)/b24-14+. The van der Waals surface area contributed by atoms with Crippen molar-refractivity contribution in [3.05, 3.63) is 85.6 Å². The lowest BCUT2D eigenvalue weighted by atomic mass is 10.1. The van der Waals surface area contributed by atoms with E-state index in [1.54, 1.807) is 32.0 Å². The molecule has 170 valence electrons. The number of nitrogens with one attached hydrogen (secondary N) is 1. The van der Waals surface area contributed by atoms with Gasteiger partial charge in [0.2, 0.25) is 5.91 Å². The molecule has 0 bridgehead atoms. The van der Waals surface area contributed by atoms with Gasteiger partial charge in [0.25, 0.3) is 5.69 Å². The van der Waals surface area contributed by atoms with E-state index < -0.39 is 10.9 Å². The van der Waals surface area contributed by atoms with Crippen molar-refractivity contribution in [1.29, 1.82) is 0 Å². The molecular weight excluding hydrogens is 446 g/mol. The number of amides is 1. The first-order chi connectivity index (χ1) is 15.9. The number of hydrogen-bond donors (Lipinski definition) is 1. The number of aryl methyl sites for hydroxylation is 1. The number of hydrogen-bond acceptors (Lipinski definition) is 8. The van der Waals surface area contributed by atoms with Crippen molar-refractivity contribution < 1.29 is 24.0 Å². The van der Waals surface area contributed by atoms with Crippen LogP contribution in [-0.2, 0) is 11.2 Å². The van der Waals surface area contributed by atoms with Crippen molar-refractivity contribution in [2.24, 2.45) is 5.10 Å². The topological polar surface area (TPSA) is 120 Å². The van der Waals surface area contributed by atoms with Gasteiger partial charge in [-0.1, -0.05) is 6.07 Å². The van der Waals surface area contributed by atoms with Gasteiger partial charge >= 0.3 is 5.97 Å². The molecule has 10 heteroatoms. The summed E-state index contributed by atoms with van der Waals surface area (Å²) in [7, 11) is 0. The minimum absolute atomic E-state index is 0.0762. The number of carbonyl (C=O) groups is 2. The number of nitro benzene ring substituents is 1. The molecule has 0 unspecified atom stereocenters. The Kier molecular flexibility index (Phi) is 7.87. The molecule has 3 aromatic rings. The zero-order chi connectivity index (χ0) is 23.8. The fourth-order valence-corrected chi connectivity index (χ4v) is 3.60. The van der Waals surface area contributed by atoms with Crippen LogP contribution >= 0.6 is 11.3 Å². The van der Waals surface area contributed by atoms with Crippen molar-refractivity contribution >= 4 is 35.1 Å². The lowest BCUT2D eigenvalue weighted by molar-refractivity contribution is -0.385. The van der Waals surface area contributed by atoms with E-state index >= 15 is 0 Å². The molecule has 33 heavy (non-hydrogen) atoms. The summed E-state index contributed by atoms with van der Waals surface area (Å²) in [6.45, 7) is 3.67. The zero-order valence-electron chi connectivity index (χ0n) is 17.9. The van der Waals surface area contributed by atoms with Gasteiger partial charge in [-0.2, -0.15) is 5.10 Å². The monoisotopic (exact) mass is 467 g/mol. The predicted molar refractivity (Wildman–Crippen MR) is 124 cm³/mol. The maximum absolute atomic E-state index is 12.5. The summed E-state index contributed by atoms with van der Waals surface area (Å²) < 4.78 is 11.0. The van der Waals surface area contributed by atoms with Crippen LogP contribution < -0.4 is 14.9 Å². The number of esters is 1. The van der Waals surface area contributed by atoms with E-state index in [1.807, 2.05) is 17.5 Å². The molecule has 0 fully saturated rings. The molecule has 0 aliphatic carbocycles. The van der Waals surface area contributed by atoms with Gasteiger partial charge in [0.05, 0.1) is 29.7 Å². The SMILES string of the molecule is CCOc1cc(/C=N/NC(=O)Cc2cccs2)ccc1OC(=O)c1ccc([N+](=O)[O-])c(C)c1. The second kappa shape index (κ2) is 11.0. The van der Waals surface area contributed by atoms with Crippen molar-refractivity contribution in [1.82, 2.24) is 5.43 Å². The summed E-state index contributed by atoms with van der Waals surface area (Å²) in [5, 5.41) is 16.8. The summed E-state index contributed by atoms with van der Waals surface area (Å²) in [4.78, 5) is 35.9. The molecule has 0 radical (unpaired) electrons. The largest absolute Gasteiger partial charge is 0.490 e. The second-order valence-corrected chi connectivity index (χ2v) is 7.87. The third kappa shape index (κ3) is 6.47. The summed E-state index contributed by atoms with van der Waals surface area (Å²) in [6, 6.07) is 12.6. The fraction of sp³-hybridized carbons (Fsp3) is 0.174. The van der Waals surface area contributed by atoms with Gasteiger partial charge in [-0.05, 0) is 61.2 Å². The first-order valence-corrected chi connectivity index (χ1v) is 10.8. The highest BCUT2D eigenvalue weighted by Crippen LogP contribution is 2.29. The van der Waals surface area contributed by atoms with Gasteiger partial charge in [-0.3, -0.25) is 14.9 Å². The highest BCUT2D eigenvalue weighted by molar-refractivity contribution is 7.10. The summed E-state index contributed by atoms with van der Waals surface area (Å²) >= 11 is 1.50. The first kappa shape index (κ1) is 23.6. The summed E-state index contributed by atoms with van der Waals surface area (Å²) in [5.74, 6) is -0.394. The van der Waals surface area contributed by atoms with Crippen LogP contribution in [0.2, 0.25) is 0 Å². The molecule has 3 rings (SSSR count). The molecule has 0 aliphatic rings. The molecule has 1 amide bonds.